The van der Waals surface area contributed by atoms with Crippen molar-refractivity contribution in [2.75, 3.05) is 18.5 Å². The standard InChI is InChI=1S/C19H16N2O3S/c1-12-14(5-6-15(20-12)18-3-2-10-25-18)19(22)21-13-4-7-16-17(11-13)24-9-8-23-16/h2-7,10-11H,8-9H2,1H3,(H,21,22). The predicted molar refractivity (Wildman–Crippen MR) is 97.7 cm³/mol. The lowest BCUT2D eigenvalue weighted by Gasteiger charge is -2.19. The summed E-state index contributed by atoms with van der Waals surface area (Å²) in [6.07, 6.45) is 0. The van der Waals surface area contributed by atoms with Crippen molar-refractivity contribution in [2.45, 2.75) is 6.92 Å². The minimum atomic E-state index is -0.195. The molecule has 1 aliphatic heterocycles. The molecule has 0 saturated carbocycles. The Hall–Kier alpha value is -2.86. The van der Waals surface area contributed by atoms with Crippen molar-refractivity contribution in [1.82, 2.24) is 4.98 Å². The highest BCUT2D eigenvalue weighted by Gasteiger charge is 2.15. The van der Waals surface area contributed by atoms with Crippen molar-refractivity contribution in [1.29, 1.82) is 0 Å². The normalized spacial score (nSPS) is 12.7. The van der Waals surface area contributed by atoms with Crippen LogP contribution in [0.15, 0.2) is 47.8 Å². The van der Waals surface area contributed by atoms with Gasteiger partial charge in [0.1, 0.15) is 13.2 Å². The number of carbonyl (C=O) groups is 1. The Balaban J connectivity index is 1.55. The summed E-state index contributed by atoms with van der Waals surface area (Å²) in [5.41, 5.74) is 2.79. The van der Waals surface area contributed by atoms with E-state index in [4.69, 9.17) is 9.47 Å². The zero-order chi connectivity index (χ0) is 17.2. The molecule has 1 aromatic carbocycles. The SMILES string of the molecule is Cc1nc(-c2cccs2)ccc1C(=O)Nc1ccc2c(c1)OCCO2. The Morgan fingerprint density at radius 1 is 1.12 bits per heavy atom. The number of hydrogen-bond acceptors (Lipinski definition) is 5. The van der Waals surface area contributed by atoms with Crippen molar-refractivity contribution >= 4 is 22.9 Å². The summed E-state index contributed by atoms with van der Waals surface area (Å²) in [5, 5.41) is 4.90. The molecule has 1 amide bonds. The molecule has 0 atom stereocenters. The quantitative estimate of drug-likeness (QED) is 0.769. The summed E-state index contributed by atoms with van der Waals surface area (Å²) >= 11 is 1.63. The van der Waals surface area contributed by atoms with Crippen LogP contribution in [-0.4, -0.2) is 24.1 Å². The molecule has 0 fully saturated rings. The molecular formula is C19H16N2O3S. The van der Waals surface area contributed by atoms with Crippen LogP contribution in [0.2, 0.25) is 0 Å². The molecule has 0 spiro atoms. The van der Waals surface area contributed by atoms with Crippen LogP contribution >= 0.6 is 11.3 Å². The molecule has 126 valence electrons. The second kappa shape index (κ2) is 6.57. The first-order chi connectivity index (χ1) is 12.2. The smallest absolute Gasteiger partial charge is 0.257 e. The number of ether oxygens (including phenoxy) is 2. The van der Waals surface area contributed by atoms with Crippen LogP contribution in [0.4, 0.5) is 5.69 Å². The molecule has 0 aliphatic carbocycles. The summed E-state index contributed by atoms with van der Waals surface area (Å²) in [4.78, 5) is 18.2. The minimum Gasteiger partial charge on any atom is -0.486 e. The van der Waals surface area contributed by atoms with Gasteiger partial charge in [0.25, 0.3) is 5.91 Å². The summed E-state index contributed by atoms with van der Waals surface area (Å²) in [6, 6.07) is 13.1. The minimum absolute atomic E-state index is 0.195. The molecule has 3 heterocycles. The fraction of sp³-hybridized carbons (Fsp3) is 0.158. The lowest BCUT2D eigenvalue weighted by atomic mass is 10.1. The number of fused-ring (bicyclic) bond motifs is 1. The molecule has 5 nitrogen and oxygen atoms in total. The van der Waals surface area contributed by atoms with Crippen molar-refractivity contribution < 1.29 is 14.3 Å². The van der Waals surface area contributed by atoms with Gasteiger partial charge in [-0.25, -0.2) is 0 Å². The Labute approximate surface area is 149 Å². The van der Waals surface area contributed by atoms with Crippen LogP contribution in [0.25, 0.3) is 10.6 Å². The Kier molecular flexibility index (Phi) is 4.11. The van der Waals surface area contributed by atoms with E-state index in [1.807, 2.05) is 36.6 Å². The molecule has 1 aliphatic rings. The molecule has 0 unspecified atom stereocenters. The van der Waals surface area contributed by atoms with Gasteiger partial charge in [-0.2, -0.15) is 0 Å². The van der Waals surface area contributed by atoms with Crippen LogP contribution in [0.1, 0.15) is 16.1 Å². The highest BCUT2D eigenvalue weighted by Crippen LogP contribution is 2.33. The van der Waals surface area contributed by atoms with E-state index in [-0.39, 0.29) is 5.91 Å². The number of pyridine rings is 1. The van der Waals surface area contributed by atoms with E-state index in [0.29, 0.717) is 41.7 Å². The molecule has 3 aromatic rings. The maximum absolute atomic E-state index is 12.6. The zero-order valence-corrected chi connectivity index (χ0v) is 14.4. The van der Waals surface area contributed by atoms with E-state index in [9.17, 15) is 4.79 Å². The van der Waals surface area contributed by atoms with Crippen LogP contribution in [0.5, 0.6) is 11.5 Å². The third-order valence-electron chi connectivity index (χ3n) is 3.90. The number of thiophene rings is 1. The summed E-state index contributed by atoms with van der Waals surface area (Å²) in [5.74, 6) is 1.15. The number of rotatable bonds is 3. The van der Waals surface area contributed by atoms with Gasteiger partial charge in [0, 0.05) is 11.8 Å². The summed E-state index contributed by atoms with van der Waals surface area (Å²) in [6.45, 7) is 2.90. The molecule has 0 bridgehead atoms. The fourth-order valence-electron chi connectivity index (χ4n) is 2.68. The van der Waals surface area contributed by atoms with E-state index in [1.54, 1.807) is 29.5 Å². The van der Waals surface area contributed by atoms with Gasteiger partial charge >= 0.3 is 0 Å². The topological polar surface area (TPSA) is 60.5 Å². The van der Waals surface area contributed by atoms with Crippen molar-refractivity contribution in [2.24, 2.45) is 0 Å². The summed E-state index contributed by atoms with van der Waals surface area (Å²) in [7, 11) is 0. The van der Waals surface area contributed by atoms with E-state index in [2.05, 4.69) is 10.3 Å². The second-order valence-electron chi connectivity index (χ2n) is 5.62. The fourth-order valence-corrected chi connectivity index (χ4v) is 3.38. The van der Waals surface area contributed by atoms with Gasteiger partial charge in [0.2, 0.25) is 0 Å². The van der Waals surface area contributed by atoms with Gasteiger partial charge in [-0.3, -0.25) is 9.78 Å². The van der Waals surface area contributed by atoms with Crippen molar-refractivity contribution in [3.8, 4) is 22.1 Å². The third kappa shape index (κ3) is 3.21. The van der Waals surface area contributed by atoms with Gasteiger partial charge < -0.3 is 14.8 Å². The van der Waals surface area contributed by atoms with Gasteiger partial charge in [0.05, 0.1) is 21.8 Å². The molecule has 0 saturated heterocycles. The van der Waals surface area contributed by atoms with Gasteiger partial charge in [-0.05, 0) is 42.6 Å². The van der Waals surface area contributed by atoms with Crippen LogP contribution in [0.3, 0.4) is 0 Å². The lowest BCUT2D eigenvalue weighted by Crippen LogP contribution is -2.17. The van der Waals surface area contributed by atoms with Gasteiger partial charge in [-0.1, -0.05) is 6.07 Å². The summed E-state index contributed by atoms with van der Waals surface area (Å²) < 4.78 is 11.0. The van der Waals surface area contributed by atoms with E-state index < -0.39 is 0 Å². The molecule has 6 heteroatoms. The number of nitrogens with zero attached hydrogens (tertiary/aromatic N) is 1. The van der Waals surface area contributed by atoms with Gasteiger partial charge in [-0.15, -0.1) is 11.3 Å². The number of anilines is 1. The predicted octanol–water partition coefficient (Wildman–Crippen LogP) is 4.14. The van der Waals surface area contributed by atoms with Gasteiger partial charge in [0.15, 0.2) is 11.5 Å². The van der Waals surface area contributed by atoms with Crippen LogP contribution < -0.4 is 14.8 Å². The average molecular weight is 352 g/mol. The number of nitrogens with one attached hydrogen (secondary N) is 1. The van der Waals surface area contributed by atoms with Crippen LogP contribution in [-0.2, 0) is 0 Å². The van der Waals surface area contributed by atoms with E-state index in [0.717, 1.165) is 10.6 Å². The number of benzene rings is 1. The number of hydrogen-bond donors (Lipinski definition) is 1. The molecular weight excluding hydrogens is 336 g/mol. The molecule has 25 heavy (non-hydrogen) atoms. The first-order valence-corrected chi connectivity index (χ1v) is 8.81. The maximum Gasteiger partial charge on any atom is 0.257 e. The highest BCUT2D eigenvalue weighted by molar-refractivity contribution is 7.13. The van der Waals surface area contributed by atoms with E-state index in [1.165, 1.54) is 0 Å². The maximum atomic E-state index is 12.6. The second-order valence-corrected chi connectivity index (χ2v) is 6.57. The number of amides is 1. The largest absolute Gasteiger partial charge is 0.486 e. The van der Waals surface area contributed by atoms with E-state index >= 15 is 0 Å². The van der Waals surface area contributed by atoms with Crippen LogP contribution in [0, 0.1) is 6.92 Å². The first kappa shape index (κ1) is 15.7. The third-order valence-corrected chi connectivity index (χ3v) is 4.80. The van der Waals surface area contributed by atoms with Crippen molar-refractivity contribution in [3.05, 3.63) is 59.1 Å². The number of aryl methyl sites for hydroxylation is 1. The Bertz CT molecular complexity index is 922. The van der Waals surface area contributed by atoms with Crippen molar-refractivity contribution in [3.63, 3.8) is 0 Å². The monoisotopic (exact) mass is 352 g/mol. The first-order valence-electron chi connectivity index (χ1n) is 7.93. The number of aromatic nitrogens is 1. The molecule has 0 radical (unpaired) electrons. The lowest BCUT2D eigenvalue weighted by molar-refractivity contribution is 0.102. The molecule has 1 N–H and O–H groups in total. The highest BCUT2D eigenvalue weighted by atomic mass is 32.1. The Morgan fingerprint density at radius 2 is 1.96 bits per heavy atom. The Morgan fingerprint density at radius 3 is 2.72 bits per heavy atom. The molecule has 4 rings (SSSR count). The zero-order valence-electron chi connectivity index (χ0n) is 13.6. The molecule has 2 aromatic heterocycles. The number of carbonyl (C=O) groups excluding carboxylic acids is 1. The average Bonchev–Trinajstić information content (AvgIpc) is 3.16.